The van der Waals surface area contributed by atoms with Crippen molar-refractivity contribution in [2.75, 3.05) is 26.7 Å². The Morgan fingerprint density at radius 2 is 2.27 bits per heavy atom. The number of nitrogens with zero attached hydrogens (tertiary/aromatic N) is 1. The van der Waals surface area contributed by atoms with Crippen LogP contribution in [0.2, 0.25) is 5.02 Å². The van der Waals surface area contributed by atoms with Crippen molar-refractivity contribution in [3.63, 3.8) is 0 Å². The van der Waals surface area contributed by atoms with Gasteiger partial charge in [-0.1, -0.05) is 23.7 Å². The van der Waals surface area contributed by atoms with Crippen LogP contribution in [-0.4, -0.2) is 31.6 Å². The molecule has 2 rings (SSSR count). The van der Waals surface area contributed by atoms with Crippen molar-refractivity contribution in [3.05, 3.63) is 34.9 Å². The molecular weight excluding hydrogens is 208 g/mol. The van der Waals surface area contributed by atoms with E-state index in [4.69, 9.17) is 11.6 Å². The third-order valence-electron chi connectivity index (χ3n) is 3.00. The highest BCUT2D eigenvalue weighted by molar-refractivity contribution is 6.30. The fourth-order valence-corrected chi connectivity index (χ4v) is 2.33. The fraction of sp³-hybridized carbons (Fsp3) is 0.500. The lowest BCUT2D eigenvalue weighted by molar-refractivity contribution is 0.258. The third kappa shape index (κ3) is 2.71. The summed E-state index contributed by atoms with van der Waals surface area (Å²) < 4.78 is 0. The van der Waals surface area contributed by atoms with E-state index in [9.17, 15) is 0 Å². The van der Waals surface area contributed by atoms with Gasteiger partial charge >= 0.3 is 0 Å². The molecule has 2 nitrogen and oxygen atoms in total. The SMILES string of the molecule is CN1CCNCCC1c1cccc(Cl)c1. The zero-order valence-corrected chi connectivity index (χ0v) is 9.80. The van der Waals surface area contributed by atoms with Crippen molar-refractivity contribution in [1.82, 2.24) is 10.2 Å². The molecule has 3 heteroatoms. The molecular formula is C12H17ClN2. The summed E-state index contributed by atoms with van der Waals surface area (Å²) in [5, 5.41) is 4.25. The van der Waals surface area contributed by atoms with E-state index in [-0.39, 0.29) is 0 Å². The molecule has 1 aromatic rings. The molecule has 0 saturated carbocycles. The van der Waals surface area contributed by atoms with E-state index in [0.717, 1.165) is 31.1 Å². The Kier molecular flexibility index (Phi) is 3.62. The van der Waals surface area contributed by atoms with E-state index in [1.807, 2.05) is 12.1 Å². The lowest BCUT2D eigenvalue weighted by Gasteiger charge is -2.25. The first-order valence-electron chi connectivity index (χ1n) is 5.44. The maximum absolute atomic E-state index is 6.02. The number of hydrogen-bond acceptors (Lipinski definition) is 2. The molecule has 0 amide bonds. The molecule has 0 aliphatic carbocycles. The molecule has 1 aromatic carbocycles. The van der Waals surface area contributed by atoms with Crippen LogP contribution in [0.25, 0.3) is 0 Å². The van der Waals surface area contributed by atoms with E-state index in [1.165, 1.54) is 5.56 Å². The molecule has 1 aliphatic heterocycles. The van der Waals surface area contributed by atoms with E-state index >= 15 is 0 Å². The molecule has 0 bridgehead atoms. The molecule has 0 radical (unpaired) electrons. The van der Waals surface area contributed by atoms with Gasteiger partial charge in [0.1, 0.15) is 0 Å². The molecule has 1 unspecified atom stereocenters. The Bertz CT molecular complexity index is 327. The second-order valence-corrected chi connectivity index (χ2v) is 4.53. The average molecular weight is 225 g/mol. The summed E-state index contributed by atoms with van der Waals surface area (Å²) in [7, 11) is 2.18. The molecule has 1 heterocycles. The summed E-state index contributed by atoms with van der Waals surface area (Å²) in [5.41, 5.74) is 1.33. The topological polar surface area (TPSA) is 15.3 Å². The number of rotatable bonds is 1. The second-order valence-electron chi connectivity index (χ2n) is 4.09. The summed E-state index contributed by atoms with van der Waals surface area (Å²) in [5.74, 6) is 0. The summed E-state index contributed by atoms with van der Waals surface area (Å²) in [4.78, 5) is 2.39. The Balaban J connectivity index is 2.20. The van der Waals surface area contributed by atoms with Crippen molar-refractivity contribution < 1.29 is 0 Å². The van der Waals surface area contributed by atoms with Crippen molar-refractivity contribution in [3.8, 4) is 0 Å². The van der Waals surface area contributed by atoms with Gasteiger partial charge in [-0.2, -0.15) is 0 Å². The maximum atomic E-state index is 6.02. The smallest absolute Gasteiger partial charge is 0.0409 e. The van der Waals surface area contributed by atoms with Gasteiger partial charge in [0.05, 0.1) is 0 Å². The number of halogens is 1. The lowest BCUT2D eigenvalue weighted by Crippen LogP contribution is -2.26. The van der Waals surface area contributed by atoms with Gasteiger partial charge in [0.25, 0.3) is 0 Å². The number of hydrogen-bond donors (Lipinski definition) is 1. The minimum atomic E-state index is 0.499. The van der Waals surface area contributed by atoms with Gasteiger partial charge < -0.3 is 5.32 Å². The van der Waals surface area contributed by atoms with Crippen LogP contribution in [-0.2, 0) is 0 Å². The van der Waals surface area contributed by atoms with Gasteiger partial charge in [-0.3, -0.25) is 4.90 Å². The van der Waals surface area contributed by atoms with Crippen LogP contribution in [0.1, 0.15) is 18.0 Å². The highest BCUT2D eigenvalue weighted by atomic mass is 35.5. The quantitative estimate of drug-likeness (QED) is 0.788. The Morgan fingerprint density at radius 3 is 3.07 bits per heavy atom. The van der Waals surface area contributed by atoms with Crippen LogP contribution >= 0.6 is 11.6 Å². The van der Waals surface area contributed by atoms with Crippen LogP contribution in [0.3, 0.4) is 0 Å². The van der Waals surface area contributed by atoms with Crippen LogP contribution in [0, 0.1) is 0 Å². The van der Waals surface area contributed by atoms with Crippen molar-refractivity contribution >= 4 is 11.6 Å². The molecule has 1 saturated heterocycles. The summed E-state index contributed by atoms with van der Waals surface area (Å²) in [6.07, 6.45) is 1.15. The van der Waals surface area contributed by atoms with Gasteiger partial charge in [0.2, 0.25) is 0 Å². The second kappa shape index (κ2) is 4.97. The van der Waals surface area contributed by atoms with Crippen molar-refractivity contribution in [2.45, 2.75) is 12.5 Å². The number of likely N-dealkylation sites (N-methyl/N-ethyl adjacent to an activating group) is 1. The molecule has 82 valence electrons. The van der Waals surface area contributed by atoms with E-state index in [2.05, 4.69) is 29.4 Å². The Hall–Kier alpha value is -0.570. The molecule has 0 spiro atoms. The molecule has 1 atom stereocenters. The molecule has 1 fully saturated rings. The van der Waals surface area contributed by atoms with E-state index in [0.29, 0.717) is 6.04 Å². The number of nitrogens with one attached hydrogen (secondary N) is 1. The summed E-state index contributed by atoms with van der Waals surface area (Å²) >= 11 is 6.02. The normalized spacial score (nSPS) is 23.7. The highest BCUT2D eigenvalue weighted by Crippen LogP contribution is 2.25. The number of benzene rings is 1. The maximum Gasteiger partial charge on any atom is 0.0409 e. The molecule has 0 aromatic heterocycles. The largest absolute Gasteiger partial charge is 0.315 e. The standard InChI is InChI=1S/C12H17ClN2/c1-15-8-7-14-6-5-12(15)10-3-2-4-11(13)9-10/h2-4,9,12,14H,5-8H2,1H3. The average Bonchev–Trinajstić information content (AvgIpc) is 2.43. The van der Waals surface area contributed by atoms with Crippen LogP contribution in [0.15, 0.2) is 24.3 Å². The van der Waals surface area contributed by atoms with E-state index in [1.54, 1.807) is 0 Å². The first kappa shape index (κ1) is 10.9. The van der Waals surface area contributed by atoms with Gasteiger partial charge in [0, 0.05) is 24.2 Å². The first-order chi connectivity index (χ1) is 7.27. The monoisotopic (exact) mass is 224 g/mol. The van der Waals surface area contributed by atoms with Crippen LogP contribution in [0.5, 0.6) is 0 Å². The Morgan fingerprint density at radius 1 is 1.40 bits per heavy atom. The highest BCUT2D eigenvalue weighted by Gasteiger charge is 2.18. The summed E-state index contributed by atoms with van der Waals surface area (Å²) in [6.45, 7) is 3.26. The van der Waals surface area contributed by atoms with Gasteiger partial charge in [-0.05, 0) is 37.7 Å². The Labute approximate surface area is 96.2 Å². The van der Waals surface area contributed by atoms with Crippen molar-refractivity contribution in [1.29, 1.82) is 0 Å². The minimum absolute atomic E-state index is 0.499. The summed E-state index contributed by atoms with van der Waals surface area (Å²) in [6, 6.07) is 8.70. The fourth-order valence-electron chi connectivity index (χ4n) is 2.13. The van der Waals surface area contributed by atoms with Gasteiger partial charge in [-0.25, -0.2) is 0 Å². The molecule has 1 aliphatic rings. The first-order valence-corrected chi connectivity index (χ1v) is 5.81. The zero-order valence-electron chi connectivity index (χ0n) is 9.04. The molecule has 15 heavy (non-hydrogen) atoms. The zero-order chi connectivity index (χ0) is 10.7. The van der Waals surface area contributed by atoms with Crippen LogP contribution in [0.4, 0.5) is 0 Å². The minimum Gasteiger partial charge on any atom is -0.315 e. The van der Waals surface area contributed by atoms with Gasteiger partial charge in [-0.15, -0.1) is 0 Å². The lowest BCUT2D eigenvalue weighted by atomic mass is 10.0. The van der Waals surface area contributed by atoms with Gasteiger partial charge in [0.15, 0.2) is 0 Å². The predicted octanol–water partition coefficient (Wildman–Crippen LogP) is 2.31. The molecule has 1 N–H and O–H groups in total. The van der Waals surface area contributed by atoms with E-state index < -0.39 is 0 Å². The predicted molar refractivity (Wildman–Crippen MR) is 64.3 cm³/mol. The third-order valence-corrected chi connectivity index (χ3v) is 3.24. The van der Waals surface area contributed by atoms with Crippen molar-refractivity contribution in [2.24, 2.45) is 0 Å². The van der Waals surface area contributed by atoms with Crippen LogP contribution < -0.4 is 5.32 Å².